The number of nitrogens with one attached hydrogen (secondary N) is 1. The van der Waals surface area contributed by atoms with Crippen molar-refractivity contribution in [1.29, 1.82) is 0 Å². The molecule has 0 fully saturated rings. The fourth-order valence-electron chi connectivity index (χ4n) is 2.38. The van der Waals surface area contributed by atoms with Gasteiger partial charge in [-0.25, -0.2) is 4.79 Å². The second-order valence-corrected chi connectivity index (χ2v) is 6.07. The number of para-hydroxylation sites is 1. The Labute approximate surface area is 142 Å². The number of aromatic amines is 1. The highest BCUT2D eigenvalue weighted by molar-refractivity contribution is 14.1. The van der Waals surface area contributed by atoms with Gasteiger partial charge in [-0.1, -0.05) is 18.2 Å². The average Bonchev–Trinajstić information content (AvgIpc) is 2.93. The van der Waals surface area contributed by atoms with Gasteiger partial charge in [-0.05, 0) is 47.2 Å². The largest absolute Gasteiger partial charge is 0.462 e. The first-order valence-corrected chi connectivity index (χ1v) is 8.13. The van der Waals surface area contributed by atoms with E-state index in [0.717, 1.165) is 21.2 Å². The SMILES string of the molecule is CCOC(=O)c1cnc(Cc2c[nH]c3ccccc23)c(I)c1. The molecule has 112 valence electrons. The molecular weight excluding hydrogens is 391 g/mol. The minimum absolute atomic E-state index is 0.327. The van der Waals surface area contributed by atoms with E-state index < -0.39 is 0 Å². The summed E-state index contributed by atoms with van der Waals surface area (Å²) >= 11 is 2.22. The summed E-state index contributed by atoms with van der Waals surface area (Å²) in [6.45, 7) is 2.16. The summed E-state index contributed by atoms with van der Waals surface area (Å²) in [7, 11) is 0. The van der Waals surface area contributed by atoms with Crippen LogP contribution in [0.2, 0.25) is 0 Å². The van der Waals surface area contributed by atoms with Crippen LogP contribution in [0.25, 0.3) is 10.9 Å². The third-order valence-electron chi connectivity index (χ3n) is 3.46. The Kier molecular flexibility index (Phi) is 4.42. The molecule has 22 heavy (non-hydrogen) atoms. The van der Waals surface area contributed by atoms with Crippen molar-refractivity contribution in [1.82, 2.24) is 9.97 Å². The second kappa shape index (κ2) is 6.48. The van der Waals surface area contributed by atoms with Crippen LogP contribution >= 0.6 is 22.6 Å². The molecule has 0 spiro atoms. The molecule has 2 heterocycles. The van der Waals surface area contributed by atoms with Crippen molar-refractivity contribution in [3.63, 3.8) is 0 Å². The van der Waals surface area contributed by atoms with Crippen LogP contribution in [-0.2, 0) is 11.2 Å². The van der Waals surface area contributed by atoms with Gasteiger partial charge in [-0.3, -0.25) is 4.98 Å². The number of pyridine rings is 1. The summed E-state index contributed by atoms with van der Waals surface area (Å²) in [5.74, 6) is -0.327. The lowest BCUT2D eigenvalue weighted by molar-refractivity contribution is 0.0525. The number of esters is 1. The predicted molar refractivity (Wildman–Crippen MR) is 94.0 cm³/mol. The standard InChI is InChI=1S/C17H15IN2O2/c1-2-22-17(21)12-7-14(18)16(20-10-12)8-11-9-19-15-6-4-3-5-13(11)15/h3-7,9-10,19H,2,8H2,1H3. The fourth-order valence-corrected chi connectivity index (χ4v) is 3.05. The summed E-state index contributed by atoms with van der Waals surface area (Å²) in [6, 6.07) is 10.0. The molecule has 2 aromatic heterocycles. The Balaban J connectivity index is 1.88. The maximum Gasteiger partial charge on any atom is 0.339 e. The molecule has 1 N–H and O–H groups in total. The van der Waals surface area contributed by atoms with E-state index in [-0.39, 0.29) is 5.97 Å². The van der Waals surface area contributed by atoms with Gasteiger partial charge in [-0.15, -0.1) is 0 Å². The molecule has 3 aromatic rings. The first kappa shape index (κ1) is 15.0. The van der Waals surface area contributed by atoms with Crippen molar-refractivity contribution < 1.29 is 9.53 Å². The molecule has 1 aromatic carbocycles. The van der Waals surface area contributed by atoms with E-state index in [2.05, 4.69) is 44.7 Å². The molecule has 3 rings (SSSR count). The summed E-state index contributed by atoms with van der Waals surface area (Å²) in [4.78, 5) is 19.4. The summed E-state index contributed by atoms with van der Waals surface area (Å²) in [5.41, 5.74) is 3.77. The van der Waals surface area contributed by atoms with Gasteiger partial charge in [0, 0.05) is 33.3 Å². The molecule has 0 aliphatic carbocycles. The number of fused-ring (bicyclic) bond motifs is 1. The third-order valence-corrected chi connectivity index (χ3v) is 4.40. The maximum absolute atomic E-state index is 11.7. The topological polar surface area (TPSA) is 55.0 Å². The highest BCUT2D eigenvalue weighted by Crippen LogP contribution is 2.22. The average molecular weight is 406 g/mol. The van der Waals surface area contributed by atoms with Crippen LogP contribution in [0.4, 0.5) is 0 Å². The minimum Gasteiger partial charge on any atom is -0.462 e. The number of nitrogens with zero attached hydrogens (tertiary/aromatic N) is 1. The molecule has 0 aliphatic heterocycles. The molecule has 0 aliphatic rings. The van der Waals surface area contributed by atoms with Crippen molar-refractivity contribution in [2.45, 2.75) is 13.3 Å². The zero-order valence-electron chi connectivity index (χ0n) is 12.1. The summed E-state index contributed by atoms with van der Waals surface area (Å²) in [6.07, 6.45) is 4.33. The number of rotatable bonds is 4. The Morgan fingerprint density at radius 2 is 2.18 bits per heavy atom. The monoisotopic (exact) mass is 406 g/mol. The number of H-pyrrole nitrogens is 1. The summed E-state index contributed by atoms with van der Waals surface area (Å²) in [5, 5.41) is 1.20. The first-order chi connectivity index (χ1) is 10.7. The van der Waals surface area contributed by atoms with Gasteiger partial charge in [0.2, 0.25) is 0 Å². The van der Waals surface area contributed by atoms with Crippen molar-refractivity contribution in [3.8, 4) is 0 Å². The van der Waals surface area contributed by atoms with E-state index in [4.69, 9.17) is 4.74 Å². The highest BCUT2D eigenvalue weighted by atomic mass is 127. The molecular formula is C17H15IN2O2. The van der Waals surface area contributed by atoms with E-state index in [1.807, 2.05) is 24.4 Å². The second-order valence-electron chi connectivity index (χ2n) is 4.91. The van der Waals surface area contributed by atoms with Gasteiger partial charge in [-0.2, -0.15) is 0 Å². The lowest BCUT2D eigenvalue weighted by Crippen LogP contribution is -2.07. The van der Waals surface area contributed by atoms with E-state index >= 15 is 0 Å². The number of benzene rings is 1. The number of halogens is 1. The number of aromatic nitrogens is 2. The Morgan fingerprint density at radius 3 is 2.95 bits per heavy atom. The number of ether oxygens (including phenoxy) is 1. The molecule has 0 radical (unpaired) electrons. The van der Waals surface area contributed by atoms with Gasteiger partial charge in [0.25, 0.3) is 0 Å². The third kappa shape index (κ3) is 2.99. The zero-order chi connectivity index (χ0) is 15.5. The molecule has 0 bridgehead atoms. The van der Waals surface area contributed by atoms with Gasteiger partial charge < -0.3 is 9.72 Å². The van der Waals surface area contributed by atoms with Crippen LogP contribution in [0.15, 0.2) is 42.7 Å². The van der Waals surface area contributed by atoms with Gasteiger partial charge >= 0.3 is 5.97 Å². The number of hydrogen-bond donors (Lipinski definition) is 1. The molecule has 0 saturated carbocycles. The number of carbonyl (C=O) groups is 1. The molecule has 0 amide bonds. The van der Waals surface area contributed by atoms with Crippen LogP contribution in [0.5, 0.6) is 0 Å². The Hall–Kier alpha value is -1.89. The Morgan fingerprint density at radius 1 is 1.36 bits per heavy atom. The van der Waals surface area contributed by atoms with Crippen molar-refractivity contribution in [2.24, 2.45) is 0 Å². The van der Waals surface area contributed by atoms with Crippen LogP contribution in [0.3, 0.4) is 0 Å². The minimum atomic E-state index is -0.327. The fraction of sp³-hybridized carbons (Fsp3) is 0.176. The molecule has 0 saturated heterocycles. The predicted octanol–water partition coefficient (Wildman–Crippen LogP) is 3.94. The maximum atomic E-state index is 11.7. The highest BCUT2D eigenvalue weighted by Gasteiger charge is 2.12. The lowest BCUT2D eigenvalue weighted by Gasteiger charge is -2.06. The summed E-state index contributed by atoms with van der Waals surface area (Å²) < 4.78 is 5.97. The van der Waals surface area contributed by atoms with Crippen molar-refractivity contribution >= 4 is 39.5 Å². The number of hydrogen-bond acceptors (Lipinski definition) is 3. The normalized spacial score (nSPS) is 10.8. The van der Waals surface area contributed by atoms with E-state index in [1.165, 1.54) is 10.9 Å². The van der Waals surface area contributed by atoms with E-state index in [9.17, 15) is 4.79 Å². The number of carbonyl (C=O) groups excluding carboxylic acids is 1. The quantitative estimate of drug-likeness (QED) is 0.528. The van der Waals surface area contributed by atoms with Crippen LogP contribution < -0.4 is 0 Å². The van der Waals surface area contributed by atoms with Gasteiger partial charge in [0.05, 0.1) is 17.9 Å². The van der Waals surface area contributed by atoms with Crippen LogP contribution in [-0.4, -0.2) is 22.5 Å². The first-order valence-electron chi connectivity index (χ1n) is 7.05. The van der Waals surface area contributed by atoms with Crippen molar-refractivity contribution in [3.05, 3.63) is 63.1 Å². The zero-order valence-corrected chi connectivity index (χ0v) is 14.3. The van der Waals surface area contributed by atoms with Crippen molar-refractivity contribution in [2.75, 3.05) is 6.61 Å². The molecule has 0 atom stereocenters. The van der Waals surface area contributed by atoms with Crippen LogP contribution in [0.1, 0.15) is 28.5 Å². The van der Waals surface area contributed by atoms with Gasteiger partial charge in [0.1, 0.15) is 0 Å². The van der Waals surface area contributed by atoms with Gasteiger partial charge in [0.15, 0.2) is 0 Å². The smallest absolute Gasteiger partial charge is 0.339 e. The lowest BCUT2D eigenvalue weighted by atomic mass is 10.1. The molecule has 4 nitrogen and oxygen atoms in total. The van der Waals surface area contributed by atoms with Crippen LogP contribution in [0, 0.1) is 3.57 Å². The Bertz CT molecular complexity index is 826. The molecule has 0 unspecified atom stereocenters. The van der Waals surface area contributed by atoms with E-state index in [0.29, 0.717) is 12.2 Å². The van der Waals surface area contributed by atoms with E-state index in [1.54, 1.807) is 13.1 Å². The molecule has 5 heteroatoms.